The molecule has 0 radical (unpaired) electrons. The number of rotatable bonds is 5. The number of esters is 1. The van der Waals surface area contributed by atoms with Gasteiger partial charge in [0.1, 0.15) is 0 Å². The molecule has 1 heterocycles. The number of pyridine rings is 1. The van der Waals surface area contributed by atoms with Crippen molar-refractivity contribution in [3.05, 3.63) is 17.3 Å². The zero-order valence-corrected chi connectivity index (χ0v) is 10.7. The molecule has 0 bridgehead atoms. The van der Waals surface area contributed by atoms with E-state index in [-0.39, 0.29) is 36.5 Å². The van der Waals surface area contributed by atoms with Crippen molar-refractivity contribution in [2.24, 2.45) is 5.73 Å². The third-order valence-corrected chi connectivity index (χ3v) is 2.26. The third-order valence-electron chi connectivity index (χ3n) is 2.26. The summed E-state index contributed by atoms with van der Waals surface area (Å²) in [6.45, 7) is 1.62. The molecule has 1 aromatic rings. The number of anilines is 1. The molecule has 0 fully saturated rings. The molecule has 9 heteroatoms. The van der Waals surface area contributed by atoms with Crippen molar-refractivity contribution in [3.8, 4) is 5.88 Å². The van der Waals surface area contributed by atoms with Crippen molar-refractivity contribution < 1.29 is 27.4 Å². The van der Waals surface area contributed by atoms with Crippen LogP contribution in [0.1, 0.15) is 18.2 Å². The molecule has 0 aliphatic heterocycles. The monoisotopic (exact) mass is 293 g/mol. The molecule has 0 saturated carbocycles. The Morgan fingerprint density at radius 2 is 2.10 bits per heavy atom. The quantitative estimate of drug-likeness (QED) is 0.789. The predicted molar refractivity (Wildman–Crippen MR) is 63.6 cm³/mol. The van der Waals surface area contributed by atoms with Crippen molar-refractivity contribution in [2.75, 3.05) is 12.3 Å². The van der Waals surface area contributed by atoms with E-state index in [0.29, 0.717) is 0 Å². The van der Waals surface area contributed by atoms with Crippen molar-refractivity contribution in [3.63, 3.8) is 0 Å². The summed E-state index contributed by atoms with van der Waals surface area (Å²) in [6.07, 6.45) is -5.10. The second-order valence-corrected chi connectivity index (χ2v) is 3.71. The lowest BCUT2D eigenvalue weighted by atomic mass is 10.1. The number of hydrogen-bond acceptors (Lipinski definition) is 6. The Hall–Kier alpha value is -2.03. The number of halogens is 3. The van der Waals surface area contributed by atoms with Gasteiger partial charge < -0.3 is 20.9 Å². The number of nitrogens with zero attached hydrogens (tertiary/aromatic N) is 1. The van der Waals surface area contributed by atoms with Gasteiger partial charge in [-0.05, 0) is 6.92 Å². The molecule has 1 rings (SSSR count). The number of alkyl halides is 3. The van der Waals surface area contributed by atoms with E-state index in [0.717, 1.165) is 6.07 Å². The van der Waals surface area contributed by atoms with Crippen molar-refractivity contribution in [1.29, 1.82) is 0 Å². The summed E-state index contributed by atoms with van der Waals surface area (Å²) in [5.41, 5.74) is 11.2. The summed E-state index contributed by atoms with van der Waals surface area (Å²) in [5, 5.41) is 0. The van der Waals surface area contributed by atoms with Crippen LogP contribution in [0.3, 0.4) is 0 Å². The van der Waals surface area contributed by atoms with Gasteiger partial charge in [-0.3, -0.25) is 4.79 Å². The maximum absolute atomic E-state index is 12.1. The summed E-state index contributed by atoms with van der Waals surface area (Å²) in [6, 6.07) is 0.890. The Morgan fingerprint density at radius 3 is 2.60 bits per heavy atom. The average molecular weight is 293 g/mol. The lowest BCUT2D eigenvalue weighted by Crippen LogP contribution is -2.20. The molecule has 1 aromatic heterocycles. The van der Waals surface area contributed by atoms with Gasteiger partial charge >= 0.3 is 12.3 Å². The van der Waals surface area contributed by atoms with Crippen LogP contribution in [0.5, 0.6) is 5.88 Å². The fourth-order valence-corrected chi connectivity index (χ4v) is 1.52. The molecule has 0 aromatic carbocycles. The van der Waals surface area contributed by atoms with Crippen molar-refractivity contribution >= 4 is 11.7 Å². The normalized spacial score (nSPS) is 11.2. The van der Waals surface area contributed by atoms with Crippen molar-refractivity contribution in [2.45, 2.75) is 26.3 Å². The Balaban J connectivity index is 3.05. The van der Waals surface area contributed by atoms with Crippen LogP contribution in [-0.4, -0.2) is 23.9 Å². The second-order valence-electron chi connectivity index (χ2n) is 3.71. The predicted octanol–water partition coefficient (Wildman–Crippen LogP) is 1.13. The molecule has 0 atom stereocenters. The summed E-state index contributed by atoms with van der Waals surface area (Å²) >= 11 is 0. The van der Waals surface area contributed by atoms with Crippen LogP contribution in [0, 0.1) is 0 Å². The lowest BCUT2D eigenvalue weighted by Gasteiger charge is -2.14. The van der Waals surface area contributed by atoms with Gasteiger partial charge in [0.2, 0.25) is 5.88 Å². The number of carbonyl (C=O) groups excluding carboxylic acids is 1. The molecule has 0 amide bonds. The average Bonchev–Trinajstić information content (AvgIpc) is 2.30. The first-order chi connectivity index (χ1) is 9.26. The maximum Gasteiger partial charge on any atom is 0.574 e. The molecule has 112 valence electrons. The molecule has 0 spiro atoms. The largest absolute Gasteiger partial charge is 0.574 e. The van der Waals surface area contributed by atoms with E-state index in [1.807, 2.05) is 0 Å². The SMILES string of the molecule is CCOC(=O)Cc1c(N)cc(OC(F)(F)F)nc1CN. The number of carbonyl (C=O) groups is 1. The van der Waals surface area contributed by atoms with Crippen LogP contribution in [0.15, 0.2) is 6.07 Å². The fourth-order valence-electron chi connectivity index (χ4n) is 1.52. The van der Waals surface area contributed by atoms with Gasteiger partial charge in [-0.2, -0.15) is 0 Å². The second kappa shape index (κ2) is 6.42. The van der Waals surface area contributed by atoms with Gasteiger partial charge in [-0.1, -0.05) is 0 Å². The first-order valence-corrected chi connectivity index (χ1v) is 5.66. The van der Waals surface area contributed by atoms with E-state index in [9.17, 15) is 18.0 Å². The van der Waals surface area contributed by atoms with Crippen LogP contribution in [-0.2, 0) is 22.5 Å². The van der Waals surface area contributed by atoms with Gasteiger partial charge in [0.05, 0.1) is 18.7 Å². The van der Waals surface area contributed by atoms with E-state index in [2.05, 4.69) is 9.72 Å². The Kier molecular flexibility index (Phi) is 5.14. The minimum absolute atomic E-state index is 0.0531. The summed E-state index contributed by atoms with van der Waals surface area (Å²) in [7, 11) is 0. The fraction of sp³-hybridized carbons (Fsp3) is 0.455. The molecule has 0 unspecified atom stereocenters. The zero-order chi connectivity index (χ0) is 15.3. The minimum Gasteiger partial charge on any atom is -0.466 e. The topological polar surface area (TPSA) is 100 Å². The Labute approximate surface area is 112 Å². The summed E-state index contributed by atoms with van der Waals surface area (Å²) in [4.78, 5) is 15.0. The van der Waals surface area contributed by atoms with Gasteiger partial charge in [-0.15, -0.1) is 13.2 Å². The molecule has 4 N–H and O–H groups in total. The number of nitrogens with two attached hydrogens (primary N) is 2. The number of aromatic nitrogens is 1. The van der Waals surface area contributed by atoms with Gasteiger partial charge in [0.15, 0.2) is 0 Å². The highest BCUT2D eigenvalue weighted by Crippen LogP contribution is 2.26. The Bertz CT molecular complexity index is 492. The molecule has 0 saturated heterocycles. The third kappa shape index (κ3) is 4.57. The molecular formula is C11H14F3N3O3. The van der Waals surface area contributed by atoms with Crippen LogP contribution >= 0.6 is 0 Å². The molecular weight excluding hydrogens is 279 g/mol. The van der Waals surface area contributed by atoms with E-state index in [4.69, 9.17) is 16.2 Å². The minimum atomic E-state index is -4.88. The van der Waals surface area contributed by atoms with Crippen LogP contribution in [0.4, 0.5) is 18.9 Å². The highest BCUT2D eigenvalue weighted by Gasteiger charge is 2.32. The lowest BCUT2D eigenvalue weighted by molar-refractivity contribution is -0.276. The molecule has 6 nitrogen and oxygen atoms in total. The molecule has 0 aliphatic carbocycles. The summed E-state index contributed by atoms with van der Waals surface area (Å²) < 4.78 is 44.7. The summed E-state index contributed by atoms with van der Waals surface area (Å²) in [5.74, 6) is -1.29. The molecule has 0 aliphatic rings. The van der Waals surface area contributed by atoms with Crippen molar-refractivity contribution in [1.82, 2.24) is 4.98 Å². The van der Waals surface area contributed by atoms with E-state index >= 15 is 0 Å². The smallest absolute Gasteiger partial charge is 0.466 e. The van der Waals surface area contributed by atoms with Gasteiger partial charge in [0, 0.05) is 23.9 Å². The zero-order valence-electron chi connectivity index (χ0n) is 10.7. The number of hydrogen-bond donors (Lipinski definition) is 2. The highest BCUT2D eigenvalue weighted by molar-refractivity contribution is 5.75. The van der Waals surface area contributed by atoms with Gasteiger partial charge in [-0.25, -0.2) is 4.98 Å². The number of nitrogen functional groups attached to an aromatic ring is 1. The highest BCUT2D eigenvalue weighted by atomic mass is 19.4. The van der Waals surface area contributed by atoms with Gasteiger partial charge in [0.25, 0.3) is 0 Å². The van der Waals surface area contributed by atoms with E-state index < -0.39 is 18.2 Å². The van der Waals surface area contributed by atoms with Crippen LogP contribution in [0.2, 0.25) is 0 Å². The van der Waals surface area contributed by atoms with Crippen LogP contribution < -0.4 is 16.2 Å². The van der Waals surface area contributed by atoms with E-state index in [1.165, 1.54) is 0 Å². The first kappa shape index (κ1) is 16.0. The Morgan fingerprint density at radius 1 is 1.45 bits per heavy atom. The van der Waals surface area contributed by atoms with Crippen LogP contribution in [0.25, 0.3) is 0 Å². The maximum atomic E-state index is 12.1. The van der Waals surface area contributed by atoms with E-state index in [1.54, 1.807) is 6.92 Å². The standard InChI is InChI=1S/C11H14F3N3O3/c1-2-19-10(18)3-6-7(16)4-9(17-8(6)5-15)20-11(12,13)14/h4H,2-3,5,15H2,1H3,(H2,16,17). The molecule has 20 heavy (non-hydrogen) atoms. The number of ether oxygens (including phenoxy) is 2. The first-order valence-electron chi connectivity index (χ1n) is 5.66.